The van der Waals surface area contributed by atoms with Crippen LogP contribution in [0.4, 0.5) is 5.69 Å². The summed E-state index contributed by atoms with van der Waals surface area (Å²) in [6, 6.07) is 6.95. The van der Waals surface area contributed by atoms with Crippen molar-refractivity contribution in [2.75, 3.05) is 25.8 Å². The van der Waals surface area contributed by atoms with Gasteiger partial charge in [0.05, 0.1) is 24.9 Å². The van der Waals surface area contributed by atoms with Crippen molar-refractivity contribution in [3.05, 3.63) is 28.8 Å². The number of nitrogens with one attached hydrogen (secondary N) is 1. The molecule has 106 valence electrons. The average molecular weight is 293 g/mol. The van der Waals surface area contributed by atoms with Gasteiger partial charge in [-0.25, -0.2) is 0 Å². The van der Waals surface area contributed by atoms with Crippen molar-refractivity contribution in [1.82, 2.24) is 0 Å². The summed E-state index contributed by atoms with van der Waals surface area (Å²) in [5.41, 5.74) is 5.61. The van der Waals surface area contributed by atoms with Crippen LogP contribution in [0.15, 0.2) is 28.8 Å². The molecule has 1 rings (SSSR count). The minimum absolute atomic E-state index is 0.137. The Morgan fingerprint density at radius 3 is 2.55 bits per heavy atom. The second-order valence-electron chi connectivity index (χ2n) is 3.58. The van der Waals surface area contributed by atoms with E-state index in [1.165, 1.54) is 18.9 Å². The zero-order valence-electron chi connectivity index (χ0n) is 11.4. The molecule has 20 heavy (non-hydrogen) atoms. The molecule has 0 fully saturated rings. The van der Waals surface area contributed by atoms with Gasteiger partial charge in [-0.1, -0.05) is 0 Å². The van der Waals surface area contributed by atoms with Gasteiger partial charge in [-0.15, -0.1) is 11.8 Å². The molecule has 0 radical (unpaired) electrons. The fourth-order valence-electron chi connectivity index (χ4n) is 1.47. The van der Waals surface area contributed by atoms with E-state index in [0.717, 1.165) is 0 Å². The number of nitrogens with zero attached hydrogens (tertiary/aromatic N) is 1. The third kappa shape index (κ3) is 3.59. The minimum Gasteiger partial charge on any atom is -0.497 e. The van der Waals surface area contributed by atoms with E-state index < -0.39 is 5.91 Å². The summed E-state index contributed by atoms with van der Waals surface area (Å²) >= 11 is 1.21. The maximum absolute atomic E-state index is 11.2. The molecule has 0 aromatic heterocycles. The number of carbonyl (C=O) groups is 1. The highest BCUT2D eigenvalue weighted by Gasteiger charge is 2.14. The third-order valence-electron chi connectivity index (χ3n) is 2.44. The molecule has 0 bridgehead atoms. The molecule has 6 nitrogen and oxygen atoms in total. The van der Waals surface area contributed by atoms with Gasteiger partial charge in [0.2, 0.25) is 0 Å². The second-order valence-corrected chi connectivity index (χ2v) is 4.39. The van der Waals surface area contributed by atoms with Gasteiger partial charge in [-0.2, -0.15) is 5.26 Å². The van der Waals surface area contributed by atoms with Crippen LogP contribution in [0, 0.1) is 11.3 Å². The highest BCUT2D eigenvalue weighted by atomic mass is 32.2. The first-order valence-electron chi connectivity index (χ1n) is 5.54. The SMILES string of the molecule is COc1ccc(OC)c(N/C(SC)=C(/C#N)C(N)=O)c1. The molecule has 0 aliphatic rings. The lowest BCUT2D eigenvalue weighted by Crippen LogP contribution is -2.16. The van der Waals surface area contributed by atoms with Crippen molar-refractivity contribution >= 4 is 23.4 Å². The average Bonchev–Trinajstić information content (AvgIpc) is 2.46. The van der Waals surface area contributed by atoms with Crippen LogP contribution in [0.2, 0.25) is 0 Å². The number of amides is 1. The predicted molar refractivity (Wildman–Crippen MR) is 78.5 cm³/mol. The van der Waals surface area contributed by atoms with Gasteiger partial charge in [-0.3, -0.25) is 4.79 Å². The molecule has 0 heterocycles. The Balaban J connectivity index is 3.25. The van der Waals surface area contributed by atoms with Crippen molar-refractivity contribution in [3.63, 3.8) is 0 Å². The Kier molecular flexibility index (Phi) is 5.74. The van der Waals surface area contributed by atoms with Gasteiger partial charge in [0.15, 0.2) is 0 Å². The summed E-state index contributed by atoms with van der Waals surface area (Å²) < 4.78 is 10.3. The van der Waals surface area contributed by atoms with Crippen LogP contribution < -0.4 is 20.5 Å². The normalized spacial score (nSPS) is 11.1. The summed E-state index contributed by atoms with van der Waals surface area (Å²) in [6.07, 6.45) is 1.73. The van der Waals surface area contributed by atoms with Crippen molar-refractivity contribution in [3.8, 4) is 17.6 Å². The summed E-state index contributed by atoms with van der Waals surface area (Å²) in [6.45, 7) is 0. The van der Waals surface area contributed by atoms with Gasteiger partial charge < -0.3 is 20.5 Å². The number of methoxy groups -OCH3 is 2. The highest BCUT2D eigenvalue weighted by Crippen LogP contribution is 2.32. The van der Waals surface area contributed by atoms with Crippen LogP contribution in [-0.4, -0.2) is 26.4 Å². The van der Waals surface area contributed by atoms with Gasteiger partial charge in [0, 0.05) is 6.07 Å². The second kappa shape index (κ2) is 7.31. The first kappa shape index (κ1) is 15.7. The number of ether oxygens (including phenoxy) is 2. The zero-order valence-corrected chi connectivity index (χ0v) is 12.2. The number of benzene rings is 1. The van der Waals surface area contributed by atoms with E-state index in [4.69, 9.17) is 20.5 Å². The lowest BCUT2D eigenvalue weighted by atomic mass is 10.2. The Labute approximate surface area is 121 Å². The van der Waals surface area contributed by atoms with Crippen molar-refractivity contribution < 1.29 is 14.3 Å². The topological polar surface area (TPSA) is 97.4 Å². The fraction of sp³-hybridized carbons (Fsp3) is 0.231. The van der Waals surface area contributed by atoms with E-state index in [2.05, 4.69) is 5.32 Å². The molecule has 1 aromatic carbocycles. The molecule has 1 aromatic rings. The van der Waals surface area contributed by atoms with E-state index in [-0.39, 0.29) is 5.57 Å². The van der Waals surface area contributed by atoms with E-state index in [0.29, 0.717) is 22.2 Å². The van der Waals surface area contributed by atoms with E-state index in [1.807, 2.05) is 0 Å². The van der Waals surface area contributed by atoms with E-state index in [9.17, 15) is 4.79 Å². The molecule has 0 atom stereocenters. The maximum Gasteiger partial charge on any atom is 0.262 e. The summed E-state index contributed by atoms with van der Waals surface area (Å²) in [7, 11) is 3.07. The predicted octanol–water partition coefficient (Wildman–Crippen LogP) is 1.70. The van der Waals surface area contributed by atoms with Gasteiger partial charge in [-0.05, 0) is 18.4 Å². The monoisotopic (exact) mass is 293 g/mol. The number of hydrogen-bond donors (Lipinski definition) is 2. The number of carbonyl (C=O) groups excluding carboxylic acids is 1. The Morgan fingerprint density at radius 2 is 2.10 bits per heavy atom. The first-order chi connectivity index (χ1) is 9.57. The quantitative estimate of drug-likeness (QED) is 0.612. The van der Waals surface area contributed by atoms with Gasteiger partial charge in [0.25, 0.3) is 5.91 Å². The number of rotatable bonds is 6. The minimum atomic E-state index is -0.786. The molecule has 0 aliphatic heterocycles. The number of thioether (sulfide) groups is 1. The summed E-state index contributed by atoms with van der Waals surface area (Å²) in [5.74, 6) is 0.386. The van der Waals surface area contributed by atoms with Crippen LogP contribution in [0.25, 0.3) is 0 Å². The Bertz CT molecular complexity index is 579. The zero-order chi connectivity index (χ0) is 15.1. The fourth-order valence-corrected chi connectivity index (χ4v) is 2.03. The molecule has 0 unspecified atom stereocenters. The number of anilines is 1. The van der Waals surface area contributed by atoms with E-state index in [1.54, 1.807) is 37.6 Å². The van der Waals surface area contributed by atoms with Crippen LogP contribution in [0.5, 0.6) is 11.5 Å². The smallest absolute Gasteiger partial charge is 0.262 e. The molecule has 0 spiro atoms. The summed E-state index contributed by atoms with van der Waals surface area (Å²) in [5, 5.41) is 12.3. The number of primary amides is 1. The van der Waals surface area contributed by atoms with Crippen LogP contribution in [0.3, 0.4) is 0 Å². The first-order valence-corrected chi connectivity index (χ1v) is 6.77. The molecular weight excluding hydrogens is 278 g/mol. The van der Waals surface area contributed by atoms with E-state index >= 15 is 0 Å². The molecule has 0 saturated carbocycles. The van der Waals surface area contributed by atoms with Crippen LogP contribution in [0.1, 0.15) is 0 Å². The molecular formula is C13H15N3O3S. The van der Waals surface area contributed by atoms with Gasteiger partial charge in [0.1, 0.15) is 23.1 Å². The number of nitriles is 1. The lowest BCUT2D eigenvalue weighted by molar-refractivity contribution is -0.114. The number of hydrogen-bond acceptors (Lipinski definition) is 6. The standard InChI is InChI=1S/C13H15N3O3S/c1-18-8-4-5-11(19-2)10(6-8)16-13(20-3)9(7-14)12(15)17/h4-6,16H,1-3H3,(H2,15,17)/b13-9+. The molecule has 1 amide bonds. The van der Waals surface area contributed by atoms with Crippen LogP contribution >= 0.6 is 11.8 Å². The number of nitrogens with two attached hydrogens (primary N) is 1. The lowest BCUT2D eigenvalue weighted by Gasteiger charge is -2.14. The molecule has 7 heteroatoms. The molecule has 0 aliphatic carbocycles. The van der Waals surface area contributed by atoms with Gasteiger partial charge >= 0.3 is 0 Å². The molecule has 0 saturated heterocycles. The largest absolute Gasteiger partial charge is 0.497 e. The highest BCUT2D eigenvalue weighted by molar-refractivity contribution is 8.02. The molecule has 3 N–H and O–H groups in total. The van der Waals surface area contributed by atoms with Crippen LogP contribution in [-0.2, 0) is 4.79 Å². The Morgan fingerprint density at radius 1 is 1.40 bits per heavy atom. The third-order valence-corrected chi connectivity index (χ3v) is 3.16. The van der Waals surface area contributed by atoms with Crippen molar-refractivity contribution in [1.29, 1.82) is 5.26 Å². The Hall–Kier alpha value is -2.33. The van der Waals surface area contributed by atoms with Crippen molar-refractivity contribution in [2.45, 2.75) is 0 Å². The van der Waals surface area contributed by atoms with Crippen molar-refractivity contribution in [2.24, 2.45) is 5.73 Å². The summed E-state index contributed by atoms with van der Waals surface area (Å²) in [4.78, 5) is 11.2. The maximum atomic E-state index is 11.2.